The Labute approximate surface area is 222 Å². The van der Waals surface area contributed by atoms with Crippen molar-refractivity contribution in [3.8, 4) is 0 Å². The van der Waals surface area contributed by atoms with Gasteiger partial charge in [0.2, 0.25) is 0 Å². The minimum atomic E-state index is -5.55. The molecule has 2 aromatic heterocycles. The number of rotatable bonds is 11. The van der Waals surface area contributed by atoms with E-state index >= 15 is 0 Å². The number of hydrogen-bond acceptors (Lipinski definition) is 17. The second-order valence-corrected chi connectivity index (χ2v) is 12.5. The maximum absolute atomic E-state index is 12.3. The predicted molar refractivity (Wildman–Crippen MR) is 122 cm³/mol. The standard InChI is InChI=1S/C15H24N5O17P3/c16-12-7-13(18-3-17-12)20(4-19-7)14-11(35-38(25,26)27)9(23)6(33-14)2-32-39(28,29)37-40(30,31)36-15-10(24)8(22)5(1-21)34-15/h3-6,8-11,14-15,21-24H,1-2H2,(H,28,29)(H,30,31)(H2,16,17,18)(H2,25,26,27)/t5-,6-,8-,9-,10-,11-,14?,15?/m1/s1. The number of anilines is 1. The van der Waals surface area contributed by atoms with Gasteiger partial charge in [0.15, 0.2) is 24.0 Å². The van der Waals surface area contributed by atoms with Gasteiger partial charge in [-0.2, -0.15) is 4.31 Å². The number of phosphoric ester groups is 3. The van der Waals surface area contributed by atoms with Crippen LogP contribution in [0, 0.1) is 0 Å². The van der Waals surface area contributed by atoms with Crippen LogP contribution >= 0.6 is 23.5 Å². The van der Waals surface area contributed by atoms with Crippen LogP contribution in [0.1, 0.15) is 6.23 Å². The molecule has 2 aliphatic rings. The van der Waals surface area contributed by atoms with E-state index in [0.717, 1.165) is 17.2 Å². The van der Waals surface area contributed by atoms with Gasteiger partial charge in [0.25, 0.3) is 0 Å². The van der Waals surface area contributed by atoms with E-state index in [1.807, 2.05) is 0 Å². The molecule has 40 heavy (non-hydrogen) atoms. The molecule has 22 nitrogen and oxygen atoms in total. The molecule has 2 aliphatic heterocycles. The highest BCUT2D eigenvalue weighted by Gasteiger charge is 2.51. The van der Waals surface area contributed by atoms with Crippen molar-refractivity contribution in [1.29, 1.82) is 0 Å². The smallest absolute Gasteiger partial charge is 0.394 e. The van der Waals surface area contributed by atoms with Crippen molar-refractivity contribution in [2.45, 2.75) is 49.1 Å². The molecular formula is C15H24N5O17P3. The average Bonchev–Trinajstić information content (AvgIpc) is 3.47. The molecule has 226 valence electrons. The Balaban J connectivity index is 1.46. The fourth-order valence-electron chi connectivity index (χ4n) is 3.83. The maximum atomic E-state index is 12.3. The molecule has 0 aromatic carbocycles. The van der Waals surface area contributed by atoms with Gasteiger partial charge < -0.3 is 55.2 Å². The van der Waals surface area contributed by atoms with Gasteiger partial charge in [0.1, 0.15) is 48.5 Å². The first-order chi connectivity index (χ1) is 18.5. The van der Waals surface area contributed by atoms with Gasteiger partial charge >= 0.3 is 23.5 Å². The molecule has 0 radical (unpaired) electrons. The summed E-state index contributed by atoms with van der Waals surface area (Å²) >= 11 is 0. The van der Waals surface area contributed by atoms with Crippen LogP contribution in [0.5, 0.6) is 0 Å². The summed E-state index contributed by atoms with van der Waals surface area (Å²) in [6, 6.07) is 0. The first kappa shape index (κ1) is 31.4. The molecule has 2 saturated heterocycles. The number of hydrogen-bond donors (Lipinski definition) is 9. The lowest BCUT2D eigenvalue weighted by atomic mass is 10.1. The molecule has 4 rings (SSSR count). The van der Waals surface area contributed by atoms with Crippen LogP contribution in [0.2, 0.25) is 0 Å². The average molecular weight is 639 g/mol. The monoisotopic (exact) mass is 639 g/mol. The van der Waals surface area contributed by atoms with Gasteiger partial charge in [-0.1, -0.05) is 0 Å². The highest BCUT2D eigenvalue weighted by molar-refractivity contribution is 7.61. The summed E-state index contributed by atoms with van der Waals surface area (Å²) in [5, 5.41) is 39.2. The molecule has 25 heteroatoms. The first-order valence-electron chi connectivity index (χ1n) is 10.8. The summed E-state index contributed by atoms with van der Waals surface area (Å²) in [5.41, 5.74) is 5.79. The van der Waals surface area contributed by atoms with E-state index < -0.39 is 85.8 Å². The van der Waals surface area contributed by atoms with Crippen LogP contribution in [0.3, 0.4) is 0 Å². The molecule has 0 spiro atoms. The third-order valence-electron chi connectivity index (χ3n) is 5.58. The lowest BCUT2D eigenvalue weighted by Gasteiger charge is -2.22. The highest BCUT2D eigenvalue weighted by Crippen LogP contribution is 2.61. The topological polar surface area (TPSA) is 338 Å². The number of nitrogen functional groups attached to an aromatic ring is 1. The second-order valence-electron chi connectivity index (χ2n) is 8.33. The molecule has 4 unspecified atom stereocenters. The van der Waals surface area contributed by atoms with Crippen LogP contribution in [0.25, 0.3) is 11.2 Å². The Hall–Kier alpha value is -1.52. The number of aromatic nitrogens is 4. The minimum absolute atomic E-state index is 0.00462. The number of imidazole rings is 1. The number of aliphatic hydroxyl groups is 4. The molecule has 2 aromatic rings. The number of phosphoric acid groups is 3. The van der Waals surface area contributed by atoms with Gasteiger partial charge in [0.05, 0.1) is 19.5 Å². The zero-order chi connectivity index (χ0) is 29.6. The van der Waals surface area contributed by atoms with E-state index in [1.54, 1.807) is 0 Å². The van der Waals surface area contributed by atoms with Crippen molar-refractivity contribution < 1.29 is 81.1 Å². The van der Waals surface area contributed by atoms with Gasteiger partial charge in [0, 0.05) is 0 Å². The van der Waals surface area contributed by atoms with Crippen LogP contribution in [0.15, 0.2) is 12.7 Å². The molecule has 0 bridgehead atoms. The summed E-state index contributed by atoms with van der Waals surface area (Å²) in [7, 11) is -16.3. The maximum Gasteiger partial charge on any atom is 0.483 e. The summed E-state index contributed by atoms with van der Waals surface area (Å²) in [5.74, 6) is -0.0550. The number of nitrogens with two attached hydrogens (primary N) is 1. The highest BCUT2D eigenvalue weighted by atomic mass is 31.3. The Morgan fingerprint density at radius 2 is 1.62 bits per heavy atom. The van der Waals surface area contributed by atoms with Crippen LogP contribution < -0.4 is 5.73 Å². The van der Waals surface area contributed by atoms with E-state index in [2.05, 4.69) is 32.8 Å². The lowest BCUT2D eigenvalue weighted by molar-refractivity contribution is -0.125. The van der Waals surface area contributed by atoms with Crippen LogP contribution in [0.4, 0.5) is 5.82 Å². The molecular weight excluding hydrogens is 615 g/mol. The molecule has 0 aliphatic carbocycles. The Kier molecular flexibility index (Phi) is 9.14. The van der Waals surface area contributed by atoms with E-state index in [0.29, 0.717) is 0 Å². The van der Waals surface area contributed by atoms with Gasteiger partial charge in [-0.05, 0) is 0 Å². The van der Waals surface area contributed by atoms with Gasteiger partial charge in [-0.25, -0.2) is 28.6 Å². The molecule has 0 saturated carbocycles. The largest absolute Gasteiger partial charge is 0.483 e. The number of nitrogens with zero attached hydrogens (tertiary/aromatic N) is 4. The molecule has 10 N–H and O–H groups in total. The van der Waals surface area contributed by atoms with E-state index in [4.69, 9.17) is 20.3 Å². The quantitative estimate of drug-likeness (QED) is 0.109. The Morgan fingerprint density at radius 1 is 0.925 bits per heavy atom. The van der Waals surface area contributed by atoms with Crippen molar-refractivity contribution in [2.24, 2.45) is 0 Å². The molecule has 4 heterocycles. The first-order valence-corrected chi connectivity index (χ1v) is 15.4. The van der Waals surface area contributed by atoms with E-state index in [-0.39, 0.29) is 17.0 Å². The number of fused-ring (bicyclic) bond motifs is 1. The van der Waals surface area contributed by atoms with E-state index in [1.165, 1.54) is 0 Å². The zero-order valence-corrected chi connectivity index (χ0v) is 22.3. The Morgan fingerprint density at radius 3 is 2.25 bits per heavy atom. The van der Waals surface area contributed by atoms with Crippen LogP contribution in [-0.2, 0) is 41.1 Å². The number of aliphatic hydroxyl groups excluding tert-OH is 4. The fourth-order valence-corrected chi connectivity index (χ4v) is 6.54. The van der Waals surface area contributed by atoms with Crippen molar-refractivity contribution in [3.63, 3.8) is 0 Å². The molecule has 10 atom stereocenters. The minimum Gasteiger partial charge on any atom is -0.394 e. The normalized spacial score (nSPS) is 34.2. The van der Waals surface area contributed by atoms with Crippen LogP contribution in [-0.4, -0.2) is 116 Å². The van der Waals surface area contributed by atoms with Crippen molar-refractivity contribution in [2.75, 3.05) is 18.9 Å². The Bertz CT molecular complexity index is 1360. The fraction of sp³-hybridized carbons (Fsp3) is 0.667. The summed E-state index contributed by atoms with van der Waals surface area (Å²) in [6.45, 7) is -1.88. The van der Waals surface area contributed by atoms with Gasteiger partial charge in [-0.15, -0.1) is 0 Å². The molecule has 0 amide bonds. The summed E-state index contributed by atoms with van der Waals surface area (Å²) < 4.78 is 65.3. The number of ether oxygens (including phenoxy) is 2. The van der Waals surface area contributed by atoms with Crippen molar-refractivity contribution >= 4 is 40.4 Å². The predicted octanol–water partition coefficient (Wildman–Crippen LogP) is -3.17. The third kappa shape index (κ3) is 6.92. The third-order valence-corrected chi connectivity index (χ3v) is 8.70. The van der Waals surface area contributed by atoms with Gasteiger partial charge in [-0.3, -0.25) is 18.1 Å². The summed E-state index contributed by atoms with van der Waals surface area (Å²) in [6.07, 6.45) is -12.0. The molecule has 2 fully saturated rings. The lowest BCUT2D eigenvalue weighted by Crippen LogP contribution is -2.35. The van der Waals surface area contributed by atoms with Crippen molar-refractivity contribution in [1.82, 2.24) is 19.5 Å². The summed E-state index contributed by atoms with van der Waals surface area (Å²) in [4.78, 5) is 50.0. The SMILES string of the molecule is Nc1ncnc2c1ncn2C1O[C@H](COP(=O)(O)OP(=O)(O)OC2O[C@H](CO)[C@@H](O)[C@H]2O)[C@@H](O)[C@H]1OP(=O)(O)O. The second kappa shape index (κ2) is 11.6. The zero-order valence-electron chi connectivity index (χ0n) is 19.6. The van der Waals surface area contributed by atoms with E-state index in [9.17, 15) is 48.6 Å². The van der Waals surface area contributed by atoms with Crippen molar-refractivity contribution in [3.05, 3.63) is 12.7 Å².